The van der Waals surface area contributed by atoms with Crippen LogP contribution in [-0.4, -0.2) is 17.8 Å². The first-order valence-electron chi connectivity index (χ1n) is 9.15. The van der Waals surface area contributed by atoms with Crippen molar-refractivity contribution in [2.75, 3.05) is 7.11 Å². The smallest absolute Gasteiger partial charge is 0.214 e. The molecule has 28 heavy (non-hydrogen) atoms. The molecule has 0 bridgehead atoms. The molecule has 5 rings (SSSR count). The number of rotatable bonds is 3. The lowest BCUT2D eigenvalue weighted by atomic mass is 9.97. The molecule has 0 aliphatic carbocycles. The monoisotopic (exact) mass is 394 g/mol. The third kappa shape index (κ3) is 2.74. The van der Waals surface area contributed by atoms with E-state index in [1.54, 1.807) is 7.11 Å². The second kappa shape index (κ2) is 6.60. The van der Waals surface area contributed by atoms with Gasteiger partial charge in [-0.05, 0) is 37.3 Å². The highest BCUT2D eigenvalue weighted by atomic mass is 35.5. The maximum atomic E-state index is 6.40. The molecule has 2 aliphatic heterocycles. The topological polar surface area (TPSA) is 47.2 Å². The van der Waals surface area contributed by atoms with Gasteiger partial charge < -0.3 is 13.9 Å². The van der Waals surface area contributed by atoms with Crippen molar-refractivity contribution >= 4 is 17.3 Å². The number of halogens is 1. The van der Waals surface area contributed by atoms with Crippen LogP contribution in [0.25, 0.3) is 0 Å². The Kier molecular flexibility index (Phi) is 4.05. The van der Waals surface area contributed by atoms with Crippen LogP contribution < -0.4 is 9.47 Å². The van der Waals surface area contributed by atoms with Crippen molar-refractivity contribution in [1.82, 2.24) is 5.01 Å². The Hall–Kier alpha value is -2.92. The second-order valence-corrected chi connectivity index (χ2v) is 7.40. The average molecular weight is 395 g/mol. The van der Waals surface area contributed by atoms with Crippen LogP contribution in [-0.2, 0) is 0 Å². The van der Waals surface area contributed by atoms with E-state index in [1.807, 2.05) is 60.5 Å². The van der Waals surface area contributed by atoms with Gasteiger partial charge in [0, 0.05) is 22.6 Å². The molecule has 3 aromatic rings. The summed E-state index contributed by atoms with van der Waals surface area (Å²) in [5.74, 6) is 3.13. The van der Waals surface area contributed by atoms with E-state index in [4.69, 9.17) is 30.6 Å². The molecule has 1 aromatic heterocycles. The Labute approximate surface area is 168 Å². The van der Waals surface area contributed by atoms with Crippen LogP contribution >= 0.6 is 11.6 Å². The zero-order valence-corrected chi connectivity index (χ0v) is 16.3. The van der Waals surface area contributed by atoms with Crippen molar-refractivity contribution in [3.05, 3.63) is 82.3 Å². The fourth-order valence-electron chi connectivity index (χ4n) is 3.86. The third-order valence-electron chi connectivity index (χ3n) is 5.16. The maximum absolute atomic E-state index is 6.40. The maximum Gasteiger partial charge on any atom is 0.214 e. The molecule has 2 atom stereocenters. The Morgan fingerprint density at radius 2 is 2.00 bits per heavy atom. The van der Waals surface area contributed by atoms with Gasteiger partial charge in [0.2, 0.25) is 6.23 Å². The van der Waals surface area contributed by atoms with Gasteiger partial charge in [-0.1, -0.05) is 35.9 Å². The highest BCUT2D eigenvalue weighted by Crippen LogP contribution is 2.50. The Bertz CT molecular complexity index is 1080. The third-order valence-corrected chi connectivity index (χ3v) is 5.39. The van der Waals surface area contributed by atoms with Crippen molar-refractivity contribution in [3.63, 3.8) is 0 Å². The van der Waals surface area contributed by atoms with Crippen LogP contribution in [0.4, 0.5) is 0 Å². The molecule has 2 aromatic carbocycles. The van der Waals surface area contributed by atoms with Gasteiger partial charge in [-0.2, -0.15) is 5.10 Å². The number of hydrogen-bond acceptors (Lipinski definition) is 5. The molecule has 0 N–H and O–H groups in total. The SMILES string of the molecule is COc1cccc2c1O[C@@H](c1cccc(Cl)c1)N1N=C(c3ccc(C)o3)C[C@H]21. The van der Waals surface area contributed by atoms with Crippen LogP contribution in [0.15, 0.2) is 64.1 Å². The van der Waals surface area contributed by atoms with Crippen LogP contribution in [0, 0.1) is 6.92 Å². The number of fused-ring (bicyclic) bond motifs is 3. The summed E-state index contributed by atoms with van der Waals surface area (Å²) in [4.78, 5) is 0. The minimum atomic E-state index is -0.402. The van der Waals surface area contributed by atoms with E-state index in [2.05, 4.69) is 6.07 Å². The number of aryl methyl sites for hydroxylation is 1. The highest BCUT2D eigenvalue weighted by Gasteiger charge is 2.42. The lowest BCUT2D eigenvalue weighted by Crippen LogP contribution is -2.33. The predicted molar refractivity (Wildman–Crippen MR) is 107 cm³/mol. The fraction of sp³-hybridized carbons (Fsp3) is 0.227. The number of para-hydroxylation sites is 1. The largest absolute Gasteiger partial charge is 0.493 e. The molecule has 0 saturated carbocycles. The number of ether oxygens (including phenoxy) is 2. The summed E-state index contributed by atoms with van der Waals surface area (Å²) < 4.78 is 17.8. The van der Waals surface area contributed by atoms with E-state index in [0.29, 0.717) is 10.8 Å². The molecule has 0 unspecified atom stereocenters. The Balaban J connectivity index is 1.63. The van der Waals surface area contributed by atoms with E-state index in [-0.39, 0.29) is 6.04 Å². The van der Waals surface area contributed by atoms with Gasteiger partial charge in [-0.3, -0.25) is 0 Å². The van der Waals surface area contributed by atoms with Gasteiger partial charge in [0.15, 0.2) is 11.5 Å². The van der Waals surface area contributed by atoms with E-state index >= 15 is 0 Å². The molecular formula is C22H19ClN2O3. The van der Waals surface area contributed by atoms with Crippen LogP contribution in [0.5, 0.6) is 11.5 Å². The van der Waals surface area contributed by atoms with Crippen molar-refractivity contribution in [2.24, 2.45) is 5.10 Å². The van der Waals surface area contributed by atoms with E-state index in [0.717, 1.165) is 40.5 Å². The van der Waals surface area contributed by atoms with Gasteiger partial charge in [0.25, 0.3) is 0 Å². The summed E-state index contributed by atoms with van der Waals surface area (Å²) in [6, 6.07) is 17.6. The average Bonchev–Trinajstić information content (AvgIpc) is 3.33. The van der Waals surface area contributed by atoms with Crippen molar-refractivity contribution in [2.45, 2.75) is 25.6 Å². The molecule has 0 spiro atoms. The van der Waals surface area contributed by atoms with E-state index < -0.39 is 6.23 Å². The van der Waals surface area contributed by atoms with Gasteiger partial charge in [0.1, 0.15) is 17.2 Å². The molecule has 0 radical (unpaired) electrons. The molecule has 5 nitrogen and oxygen atoms in total. The van der Waals surface area contributed by atoms with Gasteiger partial charge >= 0.3 is 0 Å². The number of furan rings is 1. The number of methoxy groups -OCH3 is 1. The van der Waals surface area contributed by atoms with E-state index in [9.17, 15) is 0 Å². The first kappa shape index (κ1) is 17.2. The number of benzene rings is 2. The van der Waals surface area contributed by atoms with Gasteiger partial charge in [0.05, 0.1) is 13.2 Å². The van der Waals surface area contributed by atoms with Crippen LogP contribution in [0.2, 0.25) is 5.02 Å². The summed E-state index contributed by atoms with van der Waals surface area (Å²) >= 11 is 6.24. The summed E-state index contributed by atoms with van der Waals surface area (Å²) in [6.07, 6.45) is 0.328. The fourth-order valence-corrected chi connectivity index (χ4v) is 4.06. The predicted octanol–water partition coefficient (Wildman–Crippen LogP) is 5.49. The Morgan fingerprint density at radius 1 is 1.14 bits per heavy atom. The van der Waals surface area contributed by atoms with Crippen molar-refractivity contribution in [3.8, 4) is 11.5 Å². The first-order chi connectivity index (χ1) is 13.6. The second-order valence-electron chi connectivity index (χ2n) is 6.96. The minimum absolute atomic E-state index is 0.0308. The lowest BCUT2D eigenvalue weighted by molar-refractivity contribution is -0.0209. The quantitative estimate of drug-likeness (QED) is 0.589. The van der Waals surface area contributed by atoms with Crippen molar-refractivity contribution in [1.29, 1.82) is 0 Å². The van der Waals surface area contributed by atoms with E-state index in [1.165, 1.54) is 0 Å². The molecule has 0 amide bonds. The summed E-state index contributed by atoms with van der Waals surface area (Å²) in [6.45, 7) is 1.93. The minimum Gasteiger partial charge on any atom is -0.493 e. The Morgan fingerprint density at radius 3 is 2.75 bits per heavy atom. The van der Waals surface area contributed by atoms with Gasteiger partial charge in [-0.25, -0.2) is 5.01 Å². The molecule has 3 heterocycles. The zero-order valence-electron chi connectivity index (χ0n) is 15.6. The summed E-state index contributed by atoms with van der Waals surface area (Å²) in [5.41, 5.74) is 2.90. The molecule has 0 saturated heterocycles. The number of hydrazone groups is 1. The summed E-state index contributed by atoms with van der Waals surface area (Å²) in [7, 11) is 1.65. The normalized spacial score (nSPS) is 20.2. The molecule has 6 heteroatoms. The van der Waals surface area contributed by atoms with Gasteiger partial charge in [-0.15, -0.1) is 0 Å². The molecular weight excluding hydrogens is 376 g/mol. The molecule has 2 aliphatic rings. The number of hydrogen-bond donors (Lipinski definition) is 0. The molecule has 0 fully saturated rings. The lowest BCUT2D eigenvalue weighted by Gasteiger charge is -2.38. The molecule has 142 valence electrons. The van der Waals surface area contributed by atoms with Crippen LogP contribution in [0.3, 0.4) is 0 Å². The number of nitrogens with zero attached hydrogens (tertiary/aromatic N) is 2. The zero-order chi connectivity index (χ0) is 19.3. The first-order valence-corrected chi connectivity index (χ1v) is 9.53. The highest BCUT2D eigenvalue weighted by molar-refractivity contribution is 6.30. The standard InChI is InChI=1S/C22H19ClN2O3/c1-13-9-10-19(27-13)17-12-18-16-7-4-8-20(26-2)21(16)28-22(25(18)24-17)14-5-3-6-15(23)11-14/h3-11,18,22H,12H2,1-2H3/t18-,22+/m1/s1. The van der Waals surface area contributed by atoms with Crippen LogP contribution in [0.1, 0.15) is 41.3 Å². The van der Waals surface area contributed by atoms with Crippen molar-refractivity contribution < 1.29 is 13.9 Å². The summed E-state index contributed by atoms with van der Waals surface area (Å²) in [5, 5.41) is 7.54.